The third-order valence-corrected chi connectivity index (χ3v) is 7.34. The van der Waals surface area contributed by atoms with Crippen LogP contribution in [0.1, 0.15) is 97.1 Å². The van der Waals surface area contributed by atoms with Crippen LogP contribution in [0.3, 0.4) is 0 Å². The Bertz CT molecular complexity index is 1020. The number of allylic oxidation sites excluding steroid dienone is 2. The fraction of sp³-hybridized carbons (Fsp3) is 0.621. The van der Waals surface area contributed by atoms with E-state index in [2.05, 4.69) is 45.2 Å². The van der Waals surface area contributed by atoms with Gasteiger partial charge < -0.3 is 19.9 Å². The molecule has 1 aromatic rings. The molecule has 7 heteroatoms. The summed E-state index contributed by atoms with van der Waals surface area (Å²) in [5.74, 6) is -1.32. The molecule has 3 unspecified atom stereocenters. The van der Waals surface area contributed by atoms with E-state index in [4.69, 9.17) is 14.6 Å². The van der Waals surface area contributed by atoms with E-state index >= 15 is 0 Å². The molecule has 3 rings (SSSR count). The molecule has 0 saturated carbocycles. The lowest BCUT2D eigenvalue weighted by Gasteiger charge is -2.46. The van der Waals surface area contributed by atoms with Crippen molar-refractivity contribution in [2.24, 2.45) is 11.8 Å². The van der Waals surface area contributed by atoms with Crippen molar-refractivity contribution in [3.05, 3.63) is 34.9 Å². The van der Waals surface area contributed by atoms with Gasteiger partial charge in [0.15, 0.2) is 0 Å². The van der Waals surface area contributed by atoms with E-state index < -0.39 is 30.3 Å². The minimum atomic E-state index is -1.25. The van der Waals surface area contributed by atoms with E-state index in [1.165, 1.54) is 5.57 Å². The van der Waals surface area contributed by atoms with Crippen LogP contribution in [-0.2, 0) is 20.8 Å². The average molecular weight is 500 g/mol. The van der Waals surface area contributed by atoms with Crippen molar-refractivity contribution in [3.8, 4) is 11.5 Å². The van der Waals surface area contributed by atoms with Gasteiger partial charge in [-0.2, -0.15) is 0 Å². The van der Waals surface area contributed by atoms with Crippen molar-refractivity contribution in [1.29, 1.82) is 0 Å². The Morgan fingerprint density at radius 2 is 1.94 bits per heavy atom. The summed E-state index contributed by atoms with van der Waals surface area (Å²) < 4.78 is 12.6. The van der Waals surface area contributed by atoms with Crippen LogP contribution in [0.2, 0.25) is 0 Å². The van der Waals surface area contributed by atoms with Crippen LogP contribution in [0.25, 0.3) is 0 Å². The first-order valence-corrected chi connectivity index (χ1v) is 13.2. The molecular weight excluding hydrogens is 458 g/mol. The van der Waals surface area contributed by atoms with Crippen LogP contribution in [0, 0.1) is 11.8 Å². The molecule has 7 nitrogen and oxygen atoms in total. The summed E-state index contributed by atoms with van der Waals surface area (Å²) in [4.78, 5) is 36.4. The number of aliphatic carboxylic acids is 1. The van der Waals surface area contributed by atoms with E-state index in [9.17, 15) is 14.4 Å². The third kappa shape index (κ3) is 6.48. The van der Waals surface area contributed by atoms with Crippen molar-refractivity contribution in [1.82, 2.24) is 5.32 Å². The Hall–Kier alpha value is -2.83. The summed E-state index contributed by atoms with van der Waals surface area (Å²) in [5, 5.41) is 11.5. The number of nitrogens with one attached hydrogen (secondary N) is 1. The zero-order valence-electron chi connectivity index (χ0n) is 22.5. The van der Waals surface area contributed by atoms with E-state index in [1.54, 1.807) is 13.8 Å². The summed E-state index contributed by atoms with van der Waals surface area (Å²) in [5.41, 5.74) is 2.88. The first-order valence-electron chi connectivity index (χ1n) is 13.2. The van der Waals surface area contributed by atoms with Crippen molar-refractivity contribution in [2.75, 3.05) is 0 Å². The number of esters is 1. The highest BCUT2D eigenvalue weighted by molar-refractivity contribution is 5.95. The second-order valence-corrected chi connectivity index (χ2v) is 11.1. The number of rotatable bonds is 10. The number of carbonyl (C=O) groups is 3. The highest BCUT2D eigenvalue weighted by Gasteiger charge is 2.46. The molecule has 2 N–H and O–H groups in total. The van der Waals surface area contributed by atoms with Gasteiger partial charge >= 0.3 is 11.9 Å². The number of hydrogen-bond donors (Lipinski definition) is 2. The lowest BCUT2D eigenvalue weighted by molar-refractivity contribution is -0.144. The number of carbonyl (C=O) groups excluding carboxylic acids is 2. The first-order chi connectivity index (χ1) is 16.9. The molecule has 0 fully saturated rings. The van der Waals surface area contributed by atoms with Crippen LogP contribution in [0.4, 0.5) is 0 Å². The van der Waals surface area contributed by atoms with E-state index in [0.717, 1.165) is 55.4 Å². The Kier molecular flexibility index (Phi) is 8.85. The van der Waals surface area contributed by atoms with Crippen LogP contribution >= 0.6 is 0 Å². The van der Waals surface area contributed by atoms with Gasteiger partial charge in [-0.25, -0.2) is 4.79 Å². The van der Waals surface area contributed by atoms with Gasteiger partial charge in [0.25, 0.3) is 0 Å². The number of unbranched alkanes of at least 4 members (excludes halogenated alkanes) is 2. The summed E-state index contributed by atoms with van der Waals surface area (Å²) in [6.45, 7) is 12.1. The number of hydrogen-bond acceptors (Lipinski definition) is 5. The monoisotopic (exact) mass is 499 g/mol. The van der Waals surface area contributed by atoms with Crippen molar-refractivity contribution in [3.63, 3.8) is 0 Å². The number of benzene rings is 1. The van der Waals surface area contributed by atoms with Crippen LogP contribution in [-0.4, -0.2) is 34.6 Å². The molecule has 2 aliphatic rings. The minimum Gasteiger partial charge on any atom is -0.487 e. The zero-order chi connectivity index (χ0) is 26.6. The molecule has 198 valence electrons. The van der Waals surface area contributed by atoms with Crippen LogP contribution < -0.4 is 14.8 Å². The van der Waals surface area contributed by atoms with Gasteiger partial charge in [0.1, 0.15) is 29.6 Å². The zero-order valence-corrected chi connectivity index (χ0v) is 22.5. The van der Waals surface area contributed by atoms with Crippen molar-refractivity contribution >= 4 is 17.8 Å². The fourth-order valence-electron chi connectivity index (χ4n) is 5.40. The fourth-order valence-corrected chi connectivity index (χ4v) is 5.40. The standard InChI is InChI=1S/C29H41NO6/c1-7-8-9-10-19-14-22(35-28(34)27(17(2)3)30-24(31)16-25(32)33)26-20-13-18(4)11-12-21(20)29(5,6)36-23(26)15-19/h13-15,17,20-21,27H,7-12,16H2,1-6H3,(H,30,31)(H,32,33). The van der Waals surface area contributed by atoms with Gasteiger partial charge in [-0.1, -0.05) is 45.3 Å². The number of amides is 1. The molecule has 36 heavy (non-hydrogen) atoms. The summed E-state index contributed by atoms with van der Waals surface area (Å²) in [6.07, 6.45) is 7.67. The molecule has 0 bridgehead atoms. The lowest BCUT2D eigenvalue weighted by atomic mass is 9.68. The molecule has 0 spiro atoms. The number of ether oxygens (including phenoxy) is 2. The van der Waals surface area contributed by atoms with Crippen LogP contribution in [0.15, 0.2) is 23.8 Å². The second kappa shape index (κ2) is 11.5. The van der Waals surface area contributed by atoms with Gasteiger partial charge in [0.05, 0.1) is 0 Å². The predicted molar refractivity (Wildman–Crippen MR) is 138 cm³/mol. The number of carboxylic acid groups (broad SMARTS) is 1. The Balaban J connectivity index is 2.01. The van der Waals surface area contributed by atoms with E-state index in [-0.39, 0.29) is 23.4 Å². The first kappa shape index (κ1) is 27.8. The third-order valence-electron chi connectivity index (χ3n) is 7.34. The maximum Gasteiger partial charge on any atom is 0.334 e. The van der Waals surface area contributed by atoms with Crippen LogP contribution in [0.5, 0.6) is 11.5 Å². The summed E-state index contributed by atoms with van der Waals surface area (Å²) in [6, 6.07) is 3.07. The SMILES string of the molecule is CCCCCc1cc(OC(=O)C(NC(=O)CC(=O)O)C(C)C)c2c(c1)OC(C)(C)C1CCC(C)=CC21. The molecule has 1 aliphatic heterocycles. The molecule has 0 radical (unpaired) electrons. The molecule has 1 heterocycles. The van der Waals surface area contributed by atoms with Gasteiger partial charge in [-0.15, -0.1) is 0 Å². The summed E-state index contributed by atoms with van der Waals surface area (Å²) in [7, 11) is 0. The smallest absolute Gasteiger partial charge is 0.334 e. The predicted octanol–water partition coefficient (Wildman–Crippen LogP) is 5.55. The van der Waals surface area contributed by atoms with E-state index in [0.29, 0.717) is 5.75 Å². The van der Waals surface area contributed by atoms with Gasteiger partial charge in [-0.05, 0) is 70.1 Å². The molecule has 1 aromatic carbocycles. The highest BCUT2D eigenvalue weighted by atomic mass is 16.5. The quantitative estimate of drug-likeness (QED) is 0.144. The number of aryl methyl sites for hydroxylation is 1. The largest absolute Gasteiger partial charge is 0.487 e. The second-order valence-electron chi connectivity index (χ2n) is 11.1. The minimum absolute atomic E-state index is 0.0593. The Morgan fingerprint density at radius 3 is 2.58 bits per heavy atom. The normalized spacial score (nSPS) is 20.9. The Morgan fingerprint density at radius 1 is 1.22 bits per heavy atom. The molecular formula is C29H41NO6. The number of carboxylic acids is 1. The molecule has 0 aromatic heterocycles. The summed E-state index contributed by atoms with van der Waals surface area (Å²) >= 11 is 0. The molecule has 1 amide bonds. The lowest BCUT2D eigenvalue weighted by Crippen LogP contribution is -2.47. The molecule has 1 aliphatic carbocycles. The highest BCUT2D eigenvalue weighted by Crippen LogP contribution is 2.53. The number of fused-ring (bicyclic) bond motifs is 3. The maximum atomic E-state index is 13.3. The van der Waals surface area contributed by atoms with Gasteiger partial charge in [-0.3, -0.25) is 9.59 Å². The average Bonchev–Trinajstić information content (AvgIpc) is 2.76. The molecule has 0 saturated heterocycles. The topological polar surface area (TPSA) is 102 Å². The van der Waals surface area contributed by atoms with Gasteiger partial charge in [0.2, 0.25) is 5.91 Å². The van der Waals surface area contributed by atoms with Gasteiger partial charge in [0, 0.05) is 17.4 Å². The van der Waals surface area contributed by atoms with Crippen molar-refractivity contribution in [2.45, 2.75) is 104 Å². The Labute approximate surface area is 214 Å². The van der Waals surface area contributed by atoms with Crippen molar-refractivity contribution < 1.29 is 29.0 Å². The van der Waals surface area contributed by atoms with E-state index in [1.807, 2.05) is 6.07 Å². The maximum absolute atomic E-state index is 13.3. The molecule has 3 atom stereocenters.